The predicted molar refractivity (Wildman–Crippen MR) is 538 cm³/mol. The van der Waals surface area contributed by atoms with Crippen LogP contribution in [-0.2, 0) is 100.0 Å². The summed E-state index contributed by atoms with van der Waals surface area (Å²) in [6.07, 6.45) is 12.7. The number of alkyl halides is 1. The minimum Gasteiger partial charge on any atom is -1.00 e. The van der Waals surface area contributed by atoms with Crippen LogP contribution in [0.15, 0.2) is 292 Å². The summed E-state index contributed by atoms with van der Waals surface area (Å²) in [6, 6.07) is 69.9. The van der Waals surface area contributed by atoms with Crippen LogP contribution in [0.5, 0.6) is 0 Å². The van der Waals surface area contributed by atoms with Crippen LogP contribution in [0.2, 0.25) is 0 Å². The van der Waals surface area contributed by atoms with E-state index in [1.54, 1.807) is 198 Å². The second-order valence-electron chi connectivity index (χ2n) is 35.9. The first-order chi connectivity index (χ1) is 63.8. The summed E-state index contributed by atoms with van der Waals surface area (Å²) >= 11 is 6.28. The molecule has 3 saturated heterocycles. The molecule has 3 aliphatic heterocycles. The first kappa shape index (κ1) is 113. The number of ether oxygens (including phenoxy) is 2. The third-order valence-electron chi connectivity index (χ3n) is 24.4. The molecule has 4 atom stereocenters. The Morgan fingerprint density at radius 1 is 0.372 bits per heavy atom. The Hall–Kier alpha value is -7.67. The van der Waals surface area contributed by atoms with Gasteiger partial charge in [-0.2, -0.15) is 0 Å². The number of aryl methyl sites for hydroxylation is 5. The van der Waals surface area contributed by atoms with Gasteiger partial charge in [0.05, 0.1) is 60.4 Å². The Kier molecular flexibility index (Phi) is 42.3. The molecule has 10 aromatic rings. The van der Waals surface area contributed by atoms with Gasteiger partial charge >= 0.3 is 41.7 Å². The quantitative estimate of drug-likeness (QED) is 0.0581. The maximum Gasteiger partial charge on any atom is 1.00 e. The molecular formula is C102H121BCl4N6NaO17S6. The van der Waals surface area contributed by atoms with Crippen molar-refractivity contribution in [3.8, 4) is 0 Å². The van der Waals surface area contributed by atoms with Crippen LogP contribution in [-0.4, -0.2) is 187 Å². The van der Waals surface area contributed by atoms with Gasteiger partial charge in [0.25, 0.3) is 0 Å². The fourth-order valence-corrected chi connectivity index (χ4v) is 24.7. The maximum absolute atomic E-state index is 13.0. The number of sulfone groups is 5. The summed E-state index contributed by atoms with van der Waals surface area (Å²) < 4.78 is 147. The topological polar surface area (TPSA) is 315 Å². The van der Waals surface area contributed by atoms with Gasteiger partial charge in [-0.3, -0.25) is 14.6 Å². The summed E-state index contributed by atoms with van der Waals surface area (Å²) in [5.74, 6) is 0.106. The summed E-state index contributed by atoms with van der Waals surface area (Å²) in [5.41, 5.74) is 9.44. The van der Waals surface area contributed by atoms with Crippen LogP contribution in [0.4, 0.5) is 9.59 Å². The Bertz CT molecular complexity index is 6220. The van der Waals surface area contributed by atoms with E-state index in [-0.39, 0.29) is 96.6 Å². The first-order valence-corrected chi connectivity index (χ1v) is 56.1. The number of aliphatic hydroxyl groups excluding tert-OH is 1. The van der Waals surface area contributed by atoms with Crippen molar-refractivity contribution in [2.24, 2.45) is 0 Å². The van der Waals surface area contributed by atoms with Crippen LogP contribution in [0.1, 0.15) is 191 Å². The minimum atomic E-state index is -3.52. The molecular weight excluding hydrogens is 1950 g/mol. The number of hydrogen-bond acceptors (Lipinski definition) is 21. The normalized spacial score (nSPS) is 18.2. The number of benzene rings is 10. The summed E-state index contributed by atoms with van der Waals surface area (Å²) in [6.45, 7) is 21.5. The zero-order chi connectivity index (χ0) is 96.2. The fourth-order valence-electron chi connectivity index (χ4n) is 17.6. The van der Waals surface area contributed by atoms with Gasteiger partial charge in [-0.05, 0) is 309 Å². The van der Waals surface area contributed by atoms with Gasteiger partial charge in [0, 0.05) is 132 Å². The second-order valence-corrected chi connectivity index (χ2v) is 48.7. The molecule has 0 spiro atoms. The van der Waals surface area contributed by atoms with Crippen molar-refractivity contribution in [2.75, 3.05) is 78.5 Å². The smallest absolute Gasteiger partial charge is 1.00 e. The fraction of sp³-hybridized carbons (Fsp3) is 0.382. The summed E-state index contributed by atoms with van der Waals surface area (Å²) in [5, 5.41) is 16.5. The molecule has 8 aliphatic rings. The number of Topliss-reactive ketones (excluding diaryl/α,β-unsaturated/α-hetero) is 1. The van der Waals surface area contributed by atoms with Crippen LogP contribution < -0.4 is 40.2 Å². The van der Waals surface area contributed by atoms with Gasteiger partial charge in [0.1, 0.15) is 11.2 Å². The average molecular weight is 2070 g/mol. The third-order valence-corrected chi connectivity index (χ3v) is 33.7. The van der Waals surface area contributed by atoms with Crippen molar-refractivity contribution in [3.05, 3.63) is 298 Å². The number of hydrogen-bond donors (Lipinski definition) is 3. The number of nitrogens with one attached hydrogen (secondary N) is 2. The molecule has 5 aliphatic carbocycles. The Labute approximate surface area is 857 Å². The number of amides is 2. The van der Waals surface area contributed by atoms with E-state index in [4.69, 9.17) is 25.3 Å². The average Bonchev–Trinajstić information content (AvgIpc) is 0.785. The molecule has 0 bridgehead atoms. The summed E-state index contributed by atoms with van der Waals surface area (Å²) in [7, 11) is -10.0. The SMILES string of the molecule is CC(C)(C)OC(=O)N1CCN(C2CCCc3cc(S(=O)(=O)c4ccccc4)ccc32)CC1.CC(C)(C)OC(=O)N1CCNCC1.Cl.O=C1CCCc2cc(S(=O)(=O)c3ccccc3)ccc21.O=S(=O)(c1ccccc1)c1ccc2c(c1)CCCC2Cl.O=S(=O)(c1ccccc1)c1ccc2c(c1)CCCC2N1CCNCC1.O=S(=O)(c1ccccc1)c1ccc2c(c1)CCCC2O.O=S(Cl)Cl.[B].[H-].[Na+]. The van der Waals surface area contributed by atoms with Gasteiger partial charge in [0.2, 0.25) is 58.4 Å². The van der Waals surface area contributed by atoms with Gasteiger partial charge in [-0.25, -0.2) is 55.9 Å². The van der Waals surface area contributed by atoms with Crippen LogP contribution in [0, 0.1) is 0 Å². The van der Waals surface area contributed by atoms with Gasteiger partial charge in [-0.15, -0.1) is 24.0 Å². The Morgan fingerprint density at radius 2 is 0.650 bits per heavy atom. The zero-order valence-corrected chi connectivity index (χ0v) is 88.3. The van der Waals surface area contributed by atoms with E-state index < -0.39 is 70.1 Å². The first-order valence-electron chi connectivity index (χ1n) is 45.4. The Balaban J connectivity index is 0.000000204. The van der Waals surface area contributed by atoms with E-state index in [0.717, 1.165) is 189 Å². The number of ketones is 1. The van der Waals surface area contributed by atoms with Crippen molar-refractivity contribution in [2.45, 2.75) is 222 Å². The molecule has 3 radical (unpaired) electrons. The van der Waals surface area contributed by atoms with E-state index in [1.807, 2.05) is 84.0 Å². The van der Waals surface area contributed by atoms with E-state index in [1.165, 1.54) is 22.8 Å². The number of aliphatic hydroxyl groups is 1. The third kappa shape index (κ3) is 30.5. The van der Waals surface area contributed by atoms with E-state index in [2.05, 4.69) is 47.9 Å². The number of fused-ring (bicyclic) bond motifs is 5. The Morgan fingerprint density at radius 3 is 1.01 bits per heavy atom. The molecule has 4 unspecified atom stereocenters. The molecule has 3 heterocycles. The van der Waals surface area contributed by atoms with Gasteiger partial charge in [0.15, 0.2) is 5.78 Å². The molecule has 0 saturated carbocycles. The standard InChI is InChI=1S/C25H32N2O4S.C20H24N2O2S.C16H15ClO2S.C16H16O3S.C16H14O3S.C9H18N2O2.B.Cl2OS.ClH.Na.H/c1-25(2,3)31-24(28)27-16-14-26(15-17-27)23-11-7-8-19-18-21(12-13-22(19)23)32(29,30)20-9-5-4-6-10-20;23-25(24,17-6-2-1-3-7-17)18-9-10-19-16(15-18)5-4-8-20(19)22-13-11-21-12-14-22;3*17-16-8-4-5-12-11-14(9-10-15(12)16)20(18,19)13-6-2-1-3-7-13;1-9(2,3)13-8(12)11-6-4-10-5-7-11;;1-4(2)3;;;/h4-6,9-10,12-13,18,23H,7-8,11,14-17H2,1-3H3;1-3,6-7,9-10,15,20-21H,4-5,8,11-14H2;1-3,6-7,9-11,16H,4-5,8H2;1-3,6-7,9-11,16-17H,4-5,8H2;1-3,6-7,9-11H,4-5,8H2;10H,4-7H2,1-3H3;;;1H;;/q;;;;;;;;;+1;-1. The van der Waals surface area contributed by atoms with Crippen molar-refractivity contribution >= 4 is 130 Å². The van der Waals surface area contributed by atoms with Crippen molar-refractivity contribution in [1.82, 2.24) is 30.2 Å². The van der Waals surface area contributed by atoms with Crippen LogP contribution in [0.3, 0.4) is 0 Å². The largest absolute Gasteiger partial charge is 1.00 e. The van der Waals surface area contributed by atoms with E-state index in [0.29, 0.717) is 70.3 Å². The number of piperazine rings is 3. The molecule has 18 rings (SSSR count). The molecule has 729 valence electrons. The minimum absolute atomic E-state index is 0. The van der Waals surface area contributed by atoms with Crippen LogP contribution in [0.25, 0.3) is 0 Å². The van der Waals surface area contributed by atoms with Crippen molar-refractivity contribution in [3.63, 3.8) is 0 Å². The molecule has 23 nitrogen and oxygen atoms in total. The molecule has 137 heavy (non-hydrogen) atoms. The van der Waals surface area contributed by atoms with Crippen molar-refractivity contribution < 1.29 is 106 Å². The number of halogens is 4. The molecule has 0 aromatic heterocycles. The van der Waals surface area contributed by atoms with Gasteiger partial charge < -0.3 is 36.4 Å². The predicted octanol–water partition coefficient (Wildman–Crippen LogP) is 16.3. The summed E-state index contributed by atoms with van der Waals surface area (Å²) in [4.78, 5) is 47.4. The maximum atomic E-state index is 13.0. The van der Waals surface area contributed by atoms with Gasteiger partial charge in [-0.1, -0.05) is 115 Å². The number of nitrogens with zero attached hydrogens (tertiary/aromatic N) is 4. The van der Waals surface area contributed by atoms with Crippen molar-refractivity contribution in [1.29, 1.82) is 0 Å². The molecule has 2 amide bonds. The number of carbonyl (C=O) groups is 3. The van der Waals surface area contributed by atoms with Crippen LogP contribution >= 0.6 is 45.4 Å². The molecule has 3 fully saturated rings. The second kappa shape index (κ2) is 51.3. The number of rotatable bonds is 12. The van der Waals surface area contributed by atoms with E-state index >= 15 is 0 Å². The molecule has 10 aromatic carbocycles. The molecule has 35 heteroatoms. The van der Waals surface area contributed by atoms with E-state index in [9.17, 15) is 61.6 Å². The zero-order valence-electron chi connectivity index (χ0n) is 79.3. The monoisotopic (exact) mass is 2070 g/mol. The number of carbonyl (C=O) groups excluding carboxylic acids is 3. The molecule has 3 N–H and O–H groups in total.